The number of carbonyl (C=O) groups is 1. The molecule has 1 N–H and O–H groups in total. The number of hydrogen-bond acceptors (Lipinski definition) is 3. The molecule has 2 unspecified atom stereocenters. The molecule has 29 heavy (non-hydrogen) atoms. The van der Waals surface area contributed by atoms with Crippen molar-refractivity contribution in [2.45, 2.75) is 70.4 Å². The van der Waals surface area contributed by atoms with Crippen LogP contribution in [0.25, 0.3) is 0 Å². The Bertz CT molecular complexity index is 906. The maximum atomic E-state index is 12.8. The molecule has 0 saturated heterocycles. The Kier molecular flexibility index (Phi) is 4.69. The molecule has 5 atom stereocenters. The molecule has 3 aliphatic carbocycles. The number of amides is 1. The van der Waals surface area contributed by atoms with E-state index in [1.54, 1.807) is 24.3 Å². The Labute approximate surface area is 177 Å². The van der Waals surface area contributed by atoms with Crippen LogP contribution in [-0.2, 0) is 0 Å². The molecule has 0 radical (unpaired) electrons. The largest absolute Gasteiger partial charge is 0.349 e. The van der Waals surface area contributed by atoms with Gasteiger partial charge >= 0.3 is 0 Å². The summed E-state index contributed by atoms with van der Waals surface area (Å²) >= 11 is 5.96. The first-order valence-corrected chi connectivity index (χ1v) is 11.3. The molecule has 5 rings (SSSR count). The van der Waals surface area contributed by atoms with Gasteiger partial charge in [-0.05, 0) is 80.0 Å². The van der Waals surface area contributed by atoms with Crippen LogP contribution in [0.4, 0.5) is 0 Å². The van der Waals surface area contributed by atoms with Gasteiger partial charge in [0.1, 0.15) is 0 Å². The molecule has 0 aliphatic heterocycles. The Morgan fingerprint density at radius 2 is 2.07 bits per heavy atom. The van der Waals surface area contributed by atoms with Gasteiger partial charge in [0.2, 0.25) is 0 Å². The lowest BCUT2D eigenvalue weighted by Gasteiger charge is -2.43. The number of fused-ring (bicyclic) bond motifs is 2. The lowest BCUT2D eigenvalue weighted by molar-refractivity contribution is 0.0724. The average molecular weight is 413 g/mol. The summed E-state index contributed by atoms with van der Waals surface area (Å²) in [5.74, 6) is 1.89. The lowest BCUT2D eigenvalue weighted by atomic mass is 9.67. The first-order chi connectivity index (χ1) is 14.0. The van der Waals surface area contributed by atoms with E-state index in [1.165, 1.54) is 25.0 Å². The van der Waals surface area contributed by atoms with Gasteiger partial charge in [-0.1, -0.05) is 30.7 Å². The molecule has 1 heterocycles. The van der Waals surface area contributed by atoms with Crippen LogP contribution in [0.1, 0.15) is 80.4 Å². The van der Waals surface area contributed by atoms with E-state index in [-0.39, 0.29) is 17.4 Å². The van der Waals surface area contributed by atoms with Crippen LogP contribution in [-0.4, -0.2) is 26.9 Å². The van der Waals surface area contributed by atoms with Crippen LogP contribution in [0.2, 0.25) is 5.02 Å². The van der Waals surface area contributed by atoms with Gasteiger partial charge in [0.25, 0.3) is 5.91 Å². The van der Waals surface area contributed by atoms with Gasteiger partial charge in [0, 0.05) is 28.7 Å². The monoisotopic (exact) mass is 412 g/mol. The molecule has 3 aliphatic rings. The molecule has 2 bridgehead atoms. The fraction of sp³-hybridized carbons (Fsp3) is 0.609. The molecule has 3 saturated carbocycles. The molecular formula is C23H29ClN4O. The highest BCUT2D eigenvalue weighted by Gasteiger charge is 2.56. The van der Waals surface area contributed by atoms with Gasteiger partial charge in [-0.25, -0.2) is 4.68 Å². The van der Waals surface area contributed by atoms with Crippen molar-refractivity contribution in [1.29, 1.82) is 0 Å². The van der Waals surface area contributed by atoms with E-state index in [9.17, 15) is 4.79 Å². The topological polar surface area (TPSA) is 59.8 Å². The highest BCUT2D eigenvalue weighted by molar-refractivity contribution is 6.30. The number of benzene rings is 1. The molecule has 6 heteroatoms. The second-order valence-electron chi connectivity index (χ2n) is 9.54. The quantitative estimate of drug-likeness (QED) is 0.726. The minimum atomic E-state index is -0.000540. The fourth-order valence-corrected chi connectivity index (χ4v) is 6.06. The number of hydrogen-bond donors (Lipinski definition) is 1. The number of aromatic nitrogens is 3. The molecule has 2 aromatic rings. The second kappa shape index (κ2) is 7.12. The summed E-state index contributed by atoms with van der Waals surface area (Å²) in [5.41, 5.74) is 1.99. The predicted molar refractivity (Wildman–Crippen MR) is 113 cm³/mol. The zero-order valence-electron chi connectivity index (χ0n) is 17.1. The normalized spacial score (nSPS) is 31.8. The molecule has 3 fully saturated rings. The second-order valence-corrected chi connectivity index (χ2v) is 9.98. The summed E-state index contributed by atoms with van der Waals surface area (Å²) in [6.07, 6.45) is 9.17. The zero-order valence-corrected chi connectivity index (χ0v) is 17.9. The summed E-state index contributed by atoms with van der Waals surface area (Å²) in [6.45, 7) is 4.56. The minimum absolute atomic E-state index is 0.000540. The number of rotatable bonds is 6. The van der Waals surface area contributed by atoms with Crippen molar-refractivity contribution in [2.75, 3.05) is 0 Å². The lowest BCUT2D eigenvalue weighted by Crippen LogP contribution is -2.49. The minimum Gasteiger partial charge on any atom is -0.349 e. The highest BCUT2D eigenvalue weighted by Crippen LogP contribution is 2.61. The Morgan fingerprint density at radius 3 is 2.69 bits per heavy atom. The van der Waals surface area contributed by atoms with Crippen molar-refractivity contribution in [3.05, 3.63) is 46.7 Å². The highest BCUT2D eigenvalue weighted by atomic mass is 35.5. The van der Waals surface area contributed by atoms with Crippen LogP contribution in [0.15, 0.2) is 30.5 Å². The van der Waals surface area contributed by atoms with Gasteiger partial charge in [-0.2, -0.15) is 0 Å². The smallest absolute Gasteiger partial charge is 0.251 e. The summed E-state index contributed by atoms with van der Waals surface area (Å²) in [7, 11) is 0. The molecule has 5 nitrogen and oxygen atoms in total. The van der Waals surface area contributed by atoms with E-state index in [1.807, 2.05) is 0 Å². The van der Waals surface area contributed by atoms with Gasteiger partial charge in [-0.3, -0.25) is 4.79 Å². The first kappa shape index (κ1) is 19.1. The van der Waals surface area contributed by atoms with Crippen LogP contribution >= 0.6 is 11.6 Å². The maximum Gasteiger partial charge on any atom is 0.251 e. The van der Waals surface area contributed by atoms with E-state index in [2.05, 4.69) is 40.4 Å². The SMILES string of the molecule is CCC(NC(=O)c1ccc(Cl)cc1)[C@]1(C)CC2C[C@H]1C[C@H]2n1cc(C2CC2)nn1. The third kappa shape index (κ3) is 3.37. The first-order valence-electron chi connectivity index (χ1n) is 11.0. The van der Waals surface area contributed by atoms with Crippen LogP contribution in [0.3, 0.4) is 0 Å². The Hall–Kier alpha value is -1.88. The van der Waals surface area contributed by atoms with E-state index in [0.29, 0.717) is 34.4 Å². The summed E-state index contributed by atoms with van der Waals surface area (Å²) < 4.78 is 2.14. The van der Waals surface area contributed by atoms with Gasteiger partial charge in [-0.15, -0.1) is 5.10 Å². The van der Waals surface area contributed by atoms with Crippen LogP contribution in [0.5, 0.6) is 0 Å². The molecular weight excluding hydrogens is 384 g/mol. The van der Waals surface area contributed by atoms with E-state index in [4.69, 9.17) is 11.6 Å². The third-order valence-corrected chi connectivity index (χ3v) is 8.02. The summed E-state index contributed by atoms with van der Waals surface area (Å²) in [6, 6.07) is 7.79. The molecule has 1 aromatic heterocycles. The van der Waals surface area contributed by atoms with Crippen molar-refractivity contribution in [1.82, 2.24) is 20.3 Å². The maximum absolute atomic E-state index is 12.8. The van der Waals surface area contributed by atoms with Gasteiger partial charge < -0.3 is 5.32 Å². The van der Waals surface area contributed by atoms with Crippen LogP contribution in [0, 0.1) is 17.3 Å². The zero-order chi connectivity index (χ0) is 20.2. The van der Waals surface area contributed by atoms with Crippen molar-refractivity contribution in [3.8, 4) is 0 Å². The fourth-order valence-electron chi connectivity index (χ4n) is 5.94. The van der Waals surface area contributed by atoms with Gasteiger partial charge in [0.05, 0.1) is 11.7 Å². The standard InChI is InChI=1S/C23H29ClN4O/c1-3-21(25-22(29)15-6-8-18(24)9-7-15)23(2)12-16-10-17(23)11-20(16)28-13-19(26-27-28)14-4-5-14/h6-9,13-14,16-17,20-21H,3-5,10-12H2,1-2H3,(H,25,29)/t16?,17-,20+,21?,23+/m0/s1. The number of halogens is 1. The predicted octanol–water partition coefficient (Wildman–Crippen LogP) is 4.99. The van der Waals surface area contributed by atoms with Crippen molar-refractivity contribution in [3.63, 3.8) is 0 Å². The molecule has 1 amide bonds. The molecule has 154 valence electrons. The van der Waals surface area contributed by atoms with Crippen molar-refractivity contribution >= 4 is 17.5 Å². The van der Waals surface area contributed by atoms with Crippen molar-refractivity contribution < 1.29 is 4.79 Å². The number of carbonyl (C=O) groups excluding carboxylic acids is 1. The van der Waals surface area contributed by atoms with Crippen molar-refractivity contribution in [2.24, 2.45) is 17.3 Å². The third-order valence-electron chi connectivity index (χ3n) is 7.77. The van der Waals surface area contributed by atoms with E-state index >= 15 is 0 Å². The Morgan fingerprint density at radius 1 is 1.31 bits per heavy atom. The average Bonchev–Trinajstić information content (AvgIpc) is 3.16. The van der Waals surface area contributed by atoms with E-state index in [0.717, 1.165) is 19.3 Å². The molecule has 0 spiro atoms. The van der Waals surface area contributed by atoms with E-state index < -0.39 is 0 Å². The summed E-state index contributed by atoms with van der Waals surface area (Å²) in [5, 5.41) is 12.9. The number of nitrogens with one attached hydrogen (secondary N) is 1. The van der Waals surface area contributed by atoms with Crippen LogP contribution < -0.4 is 5.32 Å². The van der Waals surface area contributed by atoms with Gasteiger partial charge in [0.15, 0.2) is 0 Å². The Balaban J connectivity index is 1.28. The molecule has 1 aromatic carbocycles. The number of nitrogens with zero attached hydrogens (tertiary/aromatic N) is 3. The summed E-state index contributed by atoms with van der Waals surface area (Å²) in [4.78, 5) is 12.8.